The van der Waals surface area contributed by atoms with Crippen LogP contribution in [0.3, 0.4) is 0 Å². The van der Waals surface area contributed by atoms with Crippen molar-refractivity contribution in [3.63, 3.8) is 0 Å². The highest BCUT2D eigenvalue weighted by Crippen LogP contribution is 2.28. The first-order valence-electron chi connectivity index (χ1n) is 7.02. The van der Waals surface area contributed by atoms with E-state index in [1.807, 2.05) is 6.92 Å². The molecule has 1 amide bonds. The number of hydrogen-bond acceptors (Lipinski definition) is 6. The summed E-state index contributed by atoms with van der Waals surface area (Å²) in [4.78, 5) is 19.3. The second kappa shape index (κ2) is 6.41. The number of aromatic nitrogens is 1. The van der Waals surface area contributed by atoms with Gasteiger partial charge in [-0.2, -0.15) is 0 Å². The Morgan fingerprint density at radius 2 is 2.05 bits per heavy atom. The predicted octanol–water partition coefficient (Wildman–Crippen LogP) is 0.909. The third kappa shape index (κ3) is 3.40. The molecule has 1 aliphatic heterocycles. The number of nitrogens with one attached hydrogen (secondary N) is 2. The molecule has 0 aliphatic carbocycles. The fourth-order valence-corrected chi connectivity index (χ4v) is 2.85. The standard InChI is InChI=1S/C13H23N5OS/c1-8(2)9(3)16-12(19)10-11(14)17-13(20-10)18-6-4-15-5-7-18/h8-9,15H,4-7,14H2,1-3H3,(H,16,19). The Kier molecular flexibility index (Phi) is 4.82. The van der Waals surface area contributed by atoms with Crippen molar-refractivity contribution in [1.29, 1.82) is 0 Å². The van der Waals surface area contributed by atoms with Crippen molar-refractivity contribution in [1.82, 2.24) is 15.6 Å². The van der Waals surface area contributed by atoms with E-state index in [0.717, 1.165) is 31.3 Å². The van der Waals surface area contributed by atoms with Crippen LogP contribution in [0.4, 0.5) is 10.9 Å². The zero-order valence-electron chi connectivity index (χ0n) is 12.3. The first-order chi connectivity index (χ1) is 9.49. The zero-order chi connectivity index (χ0) is 14.7. The van der Waals surface area contributed by atoms with Gasteiger partial charge in [0.05, 0.1) is 0 Å². The normalized spacial score (nSPS) is 17.3. The molecule has 0 radical (unpaired) electrons. The van der Waals surface area contributed by atoms with Crippen molar-refractivity contribution in [2.75, 3.05) is 36.8 Å². The maximum atomic E-state index is 12.2. The van der Waals surface area contributed by atoms with Crippen molar-refractivity contribution in [2.24, 2.45) is 5.92 Å². The predicted molar refractivity (Wildman–Crippen MR) is 83.4 cm³/mol. The minimum atomic E-state index is -0.123. The number of carbonyl (C=O) groups excluding carboxylic acids is 1. The Morgan fingerprint density at radius 1 is 1.40 bits per heavy atom. The van der Waals surface area contributed by atoms with Gasteiger partial charge in [0.2, 0.25) is 0 Å². The molecule has 1 fully saturated rings. The Hall–Kier alpha value is -1.34. The molecular formula is C13H23N5OS. The monoisotopic (exact) mass is 297 g/mol. The third-order valence-electron chi connectivity index (χ3n) is 3.59. The third-order valence-corrected chi connectivity index (χ3v) is 4.73. The molecule has 1 aromatic rings. The molecule has 0 saturated carbocycles. The molecule has 1 atom stereocenters. The van der Waals surface area contributed by atoms with Crippen LogP contribution in [-0.2, 0) is 0 Å². The summed E-state index contributed by atoms with van der Waals surface area (Å²) in [6, 6.07) is 0.117. The largest absolute Gasteiger partial charge is 0.382 e. The molecule has 6 nitrogen and oxygen atoms in total. The molecule has 0 bridgehead atoms. The fraction of sp³-hybridized carbons (Fsp3) is 0.692. The van der Waals surface area contributed by atoms with Gasteiger partial charge in [-0.05, 0) is 12.8 Å². The Bertz CT molecular complexity index is 467. The van der Waals surface area contributed by atoms with Gasteiger partial charge in [-0.25, -0.2) is 4.98 Å². The highest BCUT2D eigenvalue weighted by atomic mass is 32.1. The molecule has 1 unspecified atom stereocenters. The van der Waals surface area contributed by atoms with Crippen molar-refractivity contribution >= 4 is 28.2 Å². The van der Waals surface area contributed by atoms with E-state index >= 15 is 0 Å². The van der Waals surface area contributed by atoms with Gasteiger partial charge < -0.3 is 21.3 Å². The number of nitrogen functional groups attached to an aromatic ring is 1. The first kappa shape index (κ1) is 15.1. The van der Waals surface area contributed by atoms with E-state index in [-0.39, 0.29) is 11.9 Å². The lowest BCUT2D eigenvalue weighted by molar-refractivity contribution is 0.0935. The number of piperazine rings is 1. The van der Waals surface area contributed by atoms with Crippen molar-refractivity contribution in [2.45, 2.75) is 26.8 Å². The lowest BCUT2D eigenvalue weighted by atomic mass is 10.1. The molecule has 1 saturated heterocycles. The van der Waals surface area contributed by atoms with E-state index in [9.17, 15) is 4.79 Å². The summed E-state index contributed by atoms with van der Waals surface area (Å²) >= 11 is 1.38. The Labute approximate surface area is 123 Å². The van der Waals surface area contributed by atoms with Crippen molar-refractivity contribution in [3.05, 3.63) is 4.88 Å². The van der Waals surface area contributed by atoms with Gasteiger partial charge in [-0.1, -0.05) is 25.2 Å². The summed E-state index contributed by atoms with van der Waals surface area (Å²) in [5.41, 5.74) is 5.90. The van der Waals surface area contributed by atoms with Crippen LogP contribution in [-0.4, -0.2) is 43.1 Å². The summed E-state index contributed by atoms with van der Waals surface area (Å²) in [6.45, 7) is 9.82. The smallest absolute Gasteiger partial charge is 0.265 e. The van der Waals surface area contributed by atoms with Gasteiger partial charge in [0, 0.05) is 32.2 Å². The topological polar surface area (TPSA) is 83.3 Å². The number of anilines is 2. The quantitative estimate of drug-likeness (QED) is 0.769. The van der Waals surface area contributed by atoms with Gasteiger partial charge in [0.1, 0.15) is 10.7 Å². The van der Waals surface area contributed by atoms with Crippen LogP contribution < -0.4 is 21.3 Å². The highest BCUT2D eigenvalue weighted by molar-refractivity contribution is 7.18. The van der Waals surface area contributed by atoms with E-state index in [0.29, 0.717) is 16.6 Å². The average Bonchev–Trinajstić information content (AvgIpc) is 2.81. The SMILES string of the molecule is CC(C)C(C)NC(=O)c1sc(N2CCNCC2)nc1N. The lowest BCUT2D eigenvalue weighted by Crippen LogP contribution is -2.43. The molecule has 2 heterocycles. The molecule has 0 spiro atoms. The maximum absolute atomic E-state index is 12.2. The molecule has 0 aromatic carbocycles. The van der Waals surface area contributed by atoms with Crippen LogP contribution in [0.5, 0.6) is 0 Å². The maximum Gasteiger partial charge on any atom is 0.265 e. The van der Waals surface area contributed by atoms with Gasteiger partial charge in [0.15, 0.2) is 5.13 Å². The minimum absolute atomic E-state index is 0.117. The van der Waals surface area contributed by atoms with Crippen LogP contribution in [0.2, 0.25) is 0 Å². The van der Waals surface area contributed by atoms with Crippen molar-refractivity contribution < 1.29 is 4.79 Å². The molecule has 1 aliphatic rings. The number of rotatable bonds is 4. The van der Waals surface area contributed by atoms with E-state index in [1.165, 1.54) is 11.3 Å². The number of carbonyl (C=O) groups is 1. The second-order valence-corrected chi connectivity index (χ2v) is 6.43. The molecular weight excluding hydrogens is 274 g/mol. The van der Waals surface area contributed by atoms with Crippen molar-refractivity contribution in [3.8, 4) is 0 Å². The zero-order valence-corrected chi connectivity index (χ0v) is 13.1. The summed E-state index contributed by atoms with van der Waals surface area (Å²) < 4.78 is 0. The van der Waals surface area contributed by atoms with Crippen LogP contribution in [0.25, 0.3) is 0 Å². The Balaban J connectivity index is 2.08. The number of hydrogen-bond donors (Lipinski definition) is 3. The molecule has 1 aromatic heterocycles. The van der Waals surface area contributed by atoms with Crippen LogP contribution in [0.15, 0.2) is 0 Å². The van der Waals surface area contributed by atoms with E-state index in [4.69, 9.17) is 5.73 Å². The van der Waals surface area contributed by atoms with E-state index in [1.54, 1.807) is 0 Å². The number of nitrogens with zero attached hydrogens (tertiary/aromatic N) is 2. The first-order valence-corrected chi connectivity index (χ1v) is 7.83. The molecule has 2 rings (SSSR count). The van der Waals surface area contributed by atoms with Crippen LogP contribution in [0.1, 0.15) is 30.4 Å². The van der Waals surface area contributed by atoms with Gasteiger partial charge in [0.25, 0.3) is 5.91 Å². The van der Waals surface area contributed by atoms with Gasteiger partial charge in [-0.15, -0.1) is 0 Å². The molecule has 4 N–H and O–H groups in total. The molecule has 7 heteroatoms. The van der Waals surface area contributed by atoms with Gasteiger partial charge in [-0.3, -0.25) is 4.79 Å². The molecule has 20 heavy (non-hydrogen) atoms. The van der Waals surface area contributed by atoms with E-state index < -0.39 is 0 Å². The summed E-state index contributed by atoms with van der Waals surface area (Å²) in [6.07, 6.45) is 0. The van der Waals surface area contributed by atoms with Gasteiger partial charge >= 0.3 is 0 Å². The highest BCUT2D eigenvalue weighted by Gasteiger charge is 2.22. The second-order valence-electron chi connectivity index (χ2n) is 5.45. The lowest BCUT2D eigenvalue weighted by Gasteiger charge is -2.26. The number of amides is 1. The van der Waals surface area contributed by atoms with E-state index in [2.05, 4.69) is 34.4 Å². The number of nitrogens with two attached hydrogens (primary N) is 1. The van der Waals surface area contributed by atoms with Crippen LogP contribution >= 0.6 is 11.3 Å². The number of thiazole rings is 1. The molecule has 112 valence electrons. The Morgan fingerprint density at radius 3 is 2.65 bits per heavy atom. The average molecular weight is 297 g/mol. The fourth-order valence-electron chi connectivity index (χ4n) is 1.91. The summed E-state index contributed by atoms with van der Waals surface area (Å²) in [7, 11) is 0. The van der Waals surface area contributed by atoms with Crippen LogP contribution in [0, 0.1) is 5.92 Å². The minimum Gasteiger partial charge on any atom is -0.382 e. The summed E-state index contributed by atoms with van der Waals surface area (Å²) in [5.74, 6) is 0.598. The summed E-state index contributed by atoms with van der Waals surface area (Å²) in [5, 5.41) is 7.10.